The van der Waals surface area contributed by atoms with Crippen LogP contribution in [0.15, 0.2) is 30.3 Å². The van der Waals surface area contributed by atoms with Crippen molar-refractivity contribution >= 4 is 16.8 Å². The normalized spacial score (nSPS) is 18.2. The monoisotopic (exact) mass is 323 g/mol. The molecule has 1 amide bonds. The van der Waals surface area contributed by atoms with Crippen molar-refractivity contribution in [2.75, 3.05) is 13.1 Å². The fraction of sp³-hybridized carbons (Fsp3) is 0.389. The highest BCUT2D eigenvalue weighted by atomic mass is 16.2. The molecule has 124 valence electrons. The number of nitrogens with zero attached hydrogens (tertiary/aromatic N) is 4. The number of para-hydroxylation sites is 1. The molecule has 6 heteroatoms. The lowest BCUT2D eigenvalue weighted by Crippen LogP contribution is -2.41. The summed E-state index contributed by atoms with van der Waals surface area (Å²) < 4.78 is 2.07. The molecule has 1 unspecified atom stereocenters. The van der Waals surface area contributed by atoms with E-state index in [4.69, 9.17) is 0 Å². The number of benzene rings is 1. The zero-order chi connectivity index (χ0) is 16.7. The Bertz CT molecular complexity index is 894. The molecule has 4 rings (SSSR count). The van der Waals surface area contributed by atoms with Gasteiger partial charge in [0.15, 0.2) is 5.69 Å². The van der Waals surface area contributed by atoms with Crippen molar-refractivity contribution in [3.05, 3.63) is 47.4 Å². The first-order chi connectivity index (χ1) is 11.6. The quantitative estimate of drug-likeness (QED) is 0.788. The van der Waals surface area contributed by atoms with Crippen LogP contribution in [0.4, 0.5) is 0 Å². The molecule has 3 heterocycles. The lowest BCUT2D eigenvalue weighted by molar-refractivity contribution is 0.0667. The molecule has 0 bridgehead atoms. The minimum atomic E-state index is -0.00122. The fourth-order valence-corrected chi connectivity index (χ4v) is 3.63. The summed E-state index contributed by atoms with van der Waals surface area (Å²) in [7, 11) is 0. The standard InChI is InChI=1S/C18H21N5O/c1-12-10-13(2)23(21-12)14-6-5-9-22(11-14)18(24)17-15-7-3-4-8-16(15)19-20-17/h3-4,7-8,10,14H,5-6,9,11H2,1-2H3,(H,19,20). The summed E-state index contributed by atoms with van der Waals surface area (Å²) >= 11 is 0. The third kappa shape index (κ3) is 2.48. The minimum absolute atomic E-state index is 0.00122. The van der Waals surface area contributed by atoms with E-state index in [1.807, 2.05) is 36.1 Å². The van der Waals surface area contributed by atoms with Crippen LogP contribution in [0.2, 0.25) is 0 Å². The van der Waals surface area contributed by atoms with Gasteiger partial charge in [-0.3, -0.25) is 14.6 Å². The van der Waals surface area contributed by atoms with Crippen molar-refractivity contribution in [3.63, 3.8) is 0 Å². The first kappa shape index (κ1) is 14.9. The maximum absolute atomic E-state index is 13.0. The Kier molecular flexibility index (Phi) is 3.59. The molecule has 1 N–H and O–H groups in total. The van der Waals surface area contributed by atoms with E-state index < -0.39 is 0 Å². The first-order valence-electron chi connectivity index (χ1n) is 8.38. The molecule has 6 nitrogen and oxygen atoms in total. The van der Waals surface area contributed by atoms with Crippen molar-refractivity contribution in [2.45, 2.75) is 32.7 Å². The molecule has 3 aromatic rings. The van der Waals surface area contributed by atoms with E-state index in [9.17, 15) is 4.79 Å². The molecule has 0 saturated carbocycles. The molecular formula is C18H21N5O. The number of carbonyl (C=O) groups is 1. The van der Waals surface area contributed by atoms with Gasteiger partial charge < -0.3 is 4.90 Å². The van der Waals surface area contributed by atoms with Crippen molar-refractivity contribution in [2.24, 2.45) is 0 Å². The number of nitrogens with one attached hydrogen (secondary N) is 1. The summed E-state index contributed by atoms with van der Waals surface area (Å²) in [6.07, 6.45) is 2.03. The number of aromatic nitrogens is 4. The Labute approximate surface area is 140 Å². The van der Waals surface area contributed by atoms with Crippen molar-refractivity contribution in [1.29, 1.82) is 0 Å². The van der Waals surface area contributed by atoms with Gasteiger partial charge in [0, 0.05) is 24.2 Å². The van der Waals surface area contributed by atoms with Crippen LogP contribution in [-0.4, -0.2) is 43.9 Å². The van der Waals surface area contributed by atoms with Crippen LogP contribution >= 0.6 is 0 Å². The number of piperidine rings is 1. The van der Waals surface area contributed by atoms with Crippen LogP contribution in [-0.2, 0) is 0 Å². The highest BCUT2D eigenvalue weighted by Crippen LogP contribution is 2.25. The van der Waals surface area contributed by atoms with Gasteiger partial charge in [0.05, 0.1) is 17.3 Å². The van der Waals surface area contributed by atoms with Gasteiger partial charge in [0.2, 0.25) is 0 Å². The second-order valence-corrected chi connectivity index (χ2v) is 6.54. The van der Waals surface area contributed by atoms with Crippen LogP contribution in [0, 0.1) is 13.8 Å². The second-order valence-electron chi connectivity index (χ2n) is 6.54. The Morgan fingerprint density at radius 3 is 2.92 bits per heavy atom. The highest BCUT2D eigenvalue weighted by molar-refractivity contribution is 6.04. The van der Waals surface area contributed by atoms with Gasteiger partial charge in [-0.25, -0.2) is 0 Å². The Balaban J connectivity index is 1.60. The minimum Gasteiger partial charge on any atom is -0.335 e. The van der Waals surface area contributed by atoms with Crippen molar-refractivity contribution in [3.8, 4) is 0 Å². The van der Waals surface area contributed by atoms with Gasteiger partial charge in [-0.15, -0.1) is 0 Å². The van der Waals surface area contributed by atoms with Crippen LogP contribution in [0.5, 0.6) is 0 Å². The average molecular weight is 323 g/mol. The van der Waals surface area contributed by atoms with Gasteiger partial charge in [0.1, 0.15) is 0 Å². The number of hydrogen-bond acceptors (Lipinski definition) is 3. The number of likely N-dealkylation sites (tertiary alicyclic amines) is 1. The van der Waals surface area contributed by atoms with E-state index in [2.05, 4.69) is 33.0 Å². The Hall–Kier alpha value is -2.63. The zero-order valence-electron chi connectivity index (χ0n) is 14.0. The molecule has 1 aromatic carbocycles. The summed E-state index contributed by atoms with van der Waals surface area (Å²) in [4.78, 5) is 14.9. The third-order valence-corrected chi connectivity index (χ3v) is 4.75. The molecular weight excluding hydrogens is 302 g/mol. The van der Waals surface area contributed by atoms with E-state index in [1.165, 1.54) is 0 Å². The molecule has 0 radical (unpaired) electrons. The molecule has 0 spiro atoms. The second kappa shape index (κ2) is 5.78. The lowest BCUT2D eigenvalue weighted by Gasteiger charge is -2.33. The van der Waals surface area contributed by atoms with Gasteiger partial charge in [-0.2, -0.15) is 10.2 Å². The Morgan fingerprint density at radius 1 is 1.29 bits per heavy atom. The molecule has 1 aliphatic heterocycles. The SMILES string of the molecule is Cc1cc(C)n(C2CCCN(C(=O)c3n[nH]c4ccccc34)C2)n1. The maximum Gasteiger partial charge on any atom is 0.275 e. The predicted molar refractivity (Wildman–Crippen MR) is 92.0 cm³/mol. The van der Waals surface area contributed by atoms with Crippen molar-refractivity contribution in [1.82, 2.24) is 24.9 Å². The predicted octanol–water partition coefficient (Wildman–Crippen LogP) is 2.85. The molecule has 1 aliphatic rings. The maximum atomic E-state index is 13.0. The van der Waals surface area contributed by atoms with Gasteiger partial charge in [-0.1, -0.05) is 18.2 Å². The average Bonchev–Trinajstić information content (AvgIpc) is 3.17. The molecule has 2 aromatic heterocycles. The summed E-state index contributed by atoms with van der Waals surface area (Å²) in [6, 6.07) is 10.1. The highest BCUT2D eigenvalue weighted by Gasteiger charge is 2.28. The topological polar surface area (TPSA) is 66.8 Å². The fourth-order valence-electron chi connectivity index (χ4n) is 3.63. The summed E-state index contributed by atoms with van der Waals surface area (Å²) in [5, 5.41) is 12.7. The zero-order valence-corrected chi connectivity index (χ0v) is 14.0. The van der Waals surface area contributed by atoms with E-state index in [1.54, 1.807) is 0 Å². The number of H-pyrrole nitrogens is 1. The number of fused-ring (bicyclic) bond motifs is 1. The Morgan fingerprint density at radius 2 is 2.12 bits per heavy atom. The number of carbonyl (C=O) groups excluding carboxylic acids is 1. The molecule has 24 heavy (non-hydrogen) atoms. The first-order valence-corrected chi connectivity index (χ1v) is 8.38. The van der Waals surface area contributed by atoms with Crippen LogP contribution in [0.25, 0.3) is 10.9 Å². The summed E-state index contributed by atoms with van der Waals surface area (Å²) in [6.45, 7) is 5.53. The summed E-state index contributed by atoms with van der Waals surface area (Å²) in [5.74, 6) is -0.00122. The number of hydrogen-bond donors (Lipinski definition) is 1. The smallest absolute Gasteiger partial charge is 0.275 e. The van der Waals surface area contributed by atoms with Crippen LogP contribution < -0.4 is 0 Å². The van der Waals surface area contributed by atoms with E-state index in [0.717, 1.165) is 41.7 Å². The molecule has 0 aliphatic carbocycles. The van der Waals surface area contributed by atoms with E-state index in [-0.39, 0.29) is 11.9 Å². The van der Waals surface area contributed by atoms with Crippen molar-refractivity contribution < 1.29 is 4.79 Å². The number of rotatable bonds is 2. The lowest BCUT2D eigenvalue weighted by atomic mass is 10.0. The number of amides is 1. The number of aryl methyl sites for hydroxylation is 2. The third-order valence-electron chi connectivity index (χ3n) is 4.75. The molecule has 1 saturated heterocycles. The van der Waals surface area contributed by atoms with E-state index >= 15 is 0 Å². The summed E-state index contributed by atoms with van der Waals surface area (Å²) in [5.41, 5.74) is 3.58. The largest absolute Gasteiger partial charge is 0.335 e. The van der Waals surface area contributed by atoms with Crippen LogP contribution in [0.3, 0.4) is 0 Å². The van der Waals surface area contributed by atoms with E-state index in [0.29, 0.717) is 12.2 Å². The van der Waals surface area contributed by atoms with Gasteiger partial charge >= 0.3 is 0 Å². The number of aromatic amines is 1. The molecule has 1 fully saturated rings. The van der Waals surface area contributed by atoms with Gasteiger partial charge in [0.25, 0.3) is 5.91 Å². The molecule has 1 atom stereocenters. The van der Waals surface area contributed by atoms with Crippen LogP contribution in [0.1, 0.15) is 40.8 Å². The van der Waals surface area contributed by atoms with Gasteiger partial charge in [-0.05, 0) is 38.8 Å².